The summed E-state index contributed by atoms with van der Waals surface area (Å²) in [6, 6.07) is 11.5. The molecule has 0 unspecified atom stereocenters. The summed E-state index contributed by atoms with van der Waals surface area (Å²) in [4.78, 5) is 9.59. The Bertz CT molecular complexity index is 685. The van der Waals surface area contributed by atoms with Gasteiger partial charge in [0.15, 0.2) is 5.82 Å². The van der Waals surface area contributed by atoms with E-state index >= 15 is 0 Å². The minimum atomic E-state index is 0.684. The van der Waals surface area contributed by atoms with Crippen molar-refractivity contribution in [2.24, 2.45) is 0 Å². The molecule has 0 aliphatic rings. The summed E-state index contributed by atoms with van der Waals surface area (Å²) < 4.78 is 0. The number of rotatable bonds is 4. The molecule has 20 heavy (non-hydrogen) atoms. The Balaban J connectivity index is 1.67. The van der Waals surface area contributed by atoms with Crippen molar-refractivity contribution in [3.8, 4) is 11.4 Å². The Hall–Kier alpha value is -1.50. The monoisotopic (exact) mass is 320 g/mol. The van der Waals surface area contributed by atoms with Gasteiger partial charge in [-0.15, -0.1) is 5.10 Å². The molecule has 0 aliphatic carbocycles. The van der Waals surface area contributed by atoms with Gasteiger partial charge in [0.25, 0.3) is 0 Å². The summed E-state index contributed by atoms with van der Waals surface area (Å²) in [6.45, 7) is 0. The van der Waals surface area contributed by atoms with Gasteiger partial charge >= 0.3 is 0 Å². The first kappa shape index (κ1) is 13.5. The Morgan fingerprint density at radius 1 is 1.05 bits per heavy atom. The van der Waals surface area contributed by atoms with Crippen molar-refractivity contribution in [1.29, 1.82) is 0 Å². The molecule has 0 fully saturated rings. The maximum atomic E-state index is 5.85. The predicted molar refractivity (Wildman–Crippen MR) is 82.8 cm³/mol. The van der Waals surface area contributed by atoms with Crippen LogP contribution < -0.4 is 0 Å². The zero-order chi connectivity index (χ0) is 13.8. The molecule has 1 N–H and O–H groups in total. The van der Waals surface area contributed by atoms with E-state index in [1.807, 2.05) is 36.4 Å². The smallest absolute Gasteiger partial charge is 0.219 e. The number of aromatic amines is 1. The van der Waals surface area contributed by atoms with Gasteiger partial charge in [-0.25, -0.2) is 4.98 Å². The lowest BCUT2D eigenvalue weighted by molar-refractivity contribution is 0.979. The first-order valence-corrected chi connectivity index (χ1v) is 8.27. The van der Waals surface area contributed by atoms with E-state index in [9.17, 15) is 0 Å². The highest BCUT2D eigenvalue weighted by Gasteiger charge is 2.07. The summed E-state index contributed by atoms with van der Waals surface area (Å²) in [6.07, 6.45) is 3.48. The van der Waals surface area contributed by atoms with Crippen LogP contribution in [0.3, 0.4) is 0 Å². The first-order valence-electron chi connectivity index (χ1n) is 5.74. The second-order valence-corrected chi connectivity index (χ2v) is 6.44. The van der Waals surface area contributed by atoms with Crippen molar-refractivity contribution in [2.45, 2.75) is 10.1 Å². The molecule has 4 nitrogen and oxygen atoms in total. The van der Waals surface area contributed by atoms with Gasteiger partial charge in [0.2, 0.25) is 5.16 Å². The quantitative estimate of drug-likeness (QED) is 0.725. The minimum Gasteiger partial charge on any atom is -0.264 e. The average Bonchev–Trinajstić information content (AvgIpc) is 2.97. The predicted octanol–water partition coefficient (Wildman–Crippen LogP) is 4.32. The molecule has 0 saturated heterocycles. The van der Waals surface area contributed by atoms with E-state index in [0.29, 0.717) is 5.16 Å². The van der Waals surface area contributed by atoms with E-state index < -0.39 is 0 Å². The van der Waals surface area contributed by atoms with E-state index in [1.54, 1.807) is 23.2 Å². The van der Waals surface area contributed by atoms with E-state index in [-0.39, 0.29) is 0 Å². The second-order valence-electron chi connectivity index (χ2n) is 3.83. The van der Waals surface area contributed by atoms with Crippen LogP contribution in [0.15, 0.2) is 58.8 Å². The highest BCUT2D eigenvalue weighted by atomic mass is 35.5. The largest absolute Gasteiger partial charge is 0.264 e. The number of H-pyrrole nitrogens is 1. The Morgan fingerprint density at radius 3 is 2.65 bits per heavy atom. The molecule has 3 rings (SSSR count). The maximum Gasteiger partial charge on any atom is 0.219 e. The topological polar surface area (TPSA) is 54.5 Å². The summed E-state index contributed by atoms with van der Waals surface area (Å²) in [5.41, 5.74) is 0.920. The van der Waals surface area contributed by atoms with E-state index in [1.165, 1.54) is 10.8 Å². The van der Waals surface area contributed by atoms with Gasteiger partial charge in [-0.3, -0.25) is 10.1 Å². The van der Waals surface area contributed by atoms with Crippen molar-refractivity contribution in [3.05, 3.63) is 53.8 Å². The van der Waals surface area contributed by atoms with Crippen molar-refractivity contribution in [1.82, 2.24) is 20.2 Å². The zero-order valence-electron chi connectivity index (χ0n) is 10.2. The van der Waals surface area contributed by atoms with E-state index in [2.05, 4.69) is 20.2 Å². The van der Waals surface area contributed by atoms with E-state index in [0.717, 1.165) is 21.3 Å². The van der Waals surface area contributed by atoms with Crippen molar-refractivity contribution in [3.63, 3.8) is 0 Å². The number of hydrogen-bond donors (Lipinski definition) is 1. The molecule has 0 aliphatic heterocycles. The standard InChI is InChI=1S/C13H9ClN4S2/c14-10-3-5-11(6-4-10)19-20-13-16-12(17-18-13)9-2-1-7-15-8-9/h1-8H,(H,16,17,18). The minimum absolute atomic E-state index is 0.684. The van der Waals surface area contributed by atoms with Gasteiger partial charge in [-0.2, -0.15) is 0 Å². The highest BCUT2D eigenvalue weighted by molar-refractivity contribution is 8.76. The first-order chi connectivity index (χ1) is 9.81. The average molecular weight is 321 g/mol. The molecule has 0 amide bonds. The Labute approximate surface area is 128 Å². The number of pyridine rings is 1. The zero-order valence-corrected chi connectivity index (χ0v) is 12.5. The van der Waals surface area contributed by atoms with Crippen LogP contribution >= 0.6 is 33.2 Å². The molecule has 3 aromatic rings. The van der Waals surface area contributed by atoms with Crippen LogP contribution in [0.5, 0.6) is 0 Å². The second kappa shape index (κ2) is 6.30. The molecule has 2 heterocycles. The molecule has 0 bridgehead atoms. The fourth-order valence-electron chi connectivity index (χ4n) is 1.49. The van der Waals surface area contributed by atoms with Gasteiger partial charge in [0.05, 0.1) is 0 Å². The van der Waals surface area contributed by atoms with Gasteiger partial charge < -0.3 is 0 Å². The summed E-state index contributed by atoms with van der Waals surface area (Å²) in [5, 5.41) is 8.50. The highest BCUT2D eigenvalue weighted by Crippen LogP contribution is 2.36. The number of nitrogens with one attached hydrogen (secondary N) is 1. The number of hydrogen-bond acceptors (Lipinski definition) is 5. The number of aromatic nitrogens is 4. The van der Waals surface area contributed by atoms with Gasteiger partial charge in [0, 0.05) is 27.9 Å². The molecule has 0 spiro atoms. The van der Waals surface area contributed by atoms with Gasteiger partial charge in [-0.1, -0.05) is 11.6 Å². The lowest BCUT2D eigenvalue weighted by atomic mass is 10.3. The summed E-state index contributed by atoms with van der Waals surface area (Å²) in [5.74, 6) is 0.720. The number of halogens is 1. The molecule has 1 aromatic carbocycles. The SMILES string of the molecule is Clc1ccc(SSc2n[nH]c(-c3cccnc3)n2)cc1. The molecule has 100 valence electrons. The summed E-state index contributed by atoms with van der Waals surface area (Å²) in [7, 11) is 3.08. The van der Waals surface area contributed by atoms with Crippen LogP contribution in [-0.2, 0) is 0 Å². The Kier molecular flexibility index (Phi) is 4.25. The molecule has 7 heteroatoms. The maximum absolute atomic E-state index is 5.85. The van der Waals surface area contributed by atoms with Crippen LogP contribution in [0.2, 0.25) is 5.02 Å². The lowest BCUT2D eigenvalue weighted by Crippen LogP contribution is -1.80. The van der Waals surface area contributed by atoms with Crippen molar-refractivity contribution >= 4 is 33.2 Å². The number of benzene rings is 1. The summed E-state index contributed by atoms with van der Waals surface area (Å²) >= 11 is 5.85. The fourth-order valence-corrected chi connectivity index (χ4v) is 3.32. The molecule has 0 radical (unpaired) electrons. The van der Waals surface area contributed by atoms with Crippen molar-refractivity contribution in [2.75, 3.05) is 0 Å². The lowest BCUT2D eigenvalue weighted by Gasteiger charge is -1.97. The molecular formula is C13H9ClN4S2. The fraction of sp³-hybridized carbons (Fsp3) is 0. The molecular weight excluding hydrogens is 312 g/mol. The third kappa shape index (κ3) is 3.33. The number of nitrogens with zero attached hydrogens (tertiary/aromatic N) is 3. The molecule has 0 saturated carbocycles. The van der Waals surface area contributed by atoms with Gasteiger partial charge in [0.1, 0.15) is 0 Å². The van der Waals surface area contributed by atoms with Crippen LogP contribution in [0.4, 0.5) is 0 Å². The normalized spacial score (nSPS) is 10.7. The van der Waals surface area contributed by atoms with Crippen LogP contribution in [0.1, 0.15) is 0 Å². The molecule has 0 atom stereocenters. The third-order valence-corrected chi connectivity index (χ3v) is 4.83. The van der Waals surface area contributed by atoms with E-state index in [4.69, 9.17) is 11.6 Å². The van der Waals surface area contributed by atoms with Gasteiger partial charge in [-0.05, 0) is 58.0 Å². The Morgan fingerprint density at radius 2 is 1.90 bits per heavy atom. The van der Waals surface area contributed by atoms with Crippen LogP contribution in [-0.4, -0.2) is 20.2 Å². The molecule has 2 aromatic heterocycles. The van der Waals surface area contributed by atoms with Crippen molar-refractivity contribution < 1.29 is 0 Å². The van der Waals surface area contributed by atoms with Crippen LogP contribution in [0, 0.1) is 0 Å². The third-order valence-electron chi connectivity index (χ3n) is 2.43. The van der Waals surface area contributed by atoms with Crippen LogP contribution in [0.25, 0.3) is 11.4 Å².